The minimum Gasteiger partial charge on any atom is -0.543 e. The number of hydrogen-bond acceptors (Lipinski definition) is 6. The summed E-state index contributed by atoms with van der Waals surface area (Å²) in [6.07, 6.45) is -4.76. The van der Waals surface area contributed by atoms with Crippen molar-refractivity contribution in [2.75, 3.05) is 5.75 Å². The molecule has 1 saturated heterocycles. The molecule has 1 aromatic rings. The topological polar surface area (TPSA) is 107 Å². The number of nitrogens with zero attached hydrogens (tertiary/aromatic N) is 3. The number of hydrogen-bond donors (Lipinski definition) is 1. The molecule has 2 aliphatic heterocycles. The molecule has 1 aromatic heterocycles. The van der Waals surface area contributed by atoms with Gasteiger partial charge in [0, 0.05) is 12.8 Å². The third kappa shape index (κ3) is 3.74. The molecule has 0 aromatic carbocycles. The van der Waals surface area contributed by atoms with Crippen LogP contribution in [0.4, 0.5) is 13.2 Å². The summed E-state index contributed by atoms with van der Waals surface area (Å²) in [7, 11) is 1.17. The number of carbonyl (C=O) groups excluding carboxylic acids is 3. The summed E-state index contributed by atoms with van der Waals surface area (Å²) in [6.45, 7) is 1.55. The van der Waals surface area contributed by atoms with Gasteiger partial charge in [0.25, 0.3) is 11.8 Å². The molecule has 0 aliphatic carbocycles. The smallest absolute Gasteiger partial charge is 0.543 e. The van der Waals surface area contributed by atoms with Crippen molar-refractivity contribution in [1.29, 1.82) is 0 Å². The molecule has 2 amide bonds. The molecular weight excluding hydrogens is 480 g/mol. The van der Waals surface area contributed by atoms with Crippen LogP contribution in [0.3, 0.4) is 0 Å². The second-order valence-corrected chi connectivity index (χ2v) is 7.81. The van der Waals surface area contributed by atoms with Gasteiger partial charge >= 0.3 is 35.7 Å². The number of fused-ring (bicyclic) bond motifs is 1. The molecule has 3 heterocycles. The number of carbonyl (C=O) groups is 3. The normalized spacial score (nSPS) is 21.6. The van der Waals surface area contributed by atoms with Gasteiger partial charge in [0.1, 0.15) is 17.1 Å². The zero-order valence-corrected chi connectivity index (χ0v) is 19.2. The number of aryl methyl sites for hydroxylation is 1. The maximum Gasteiger partial charge on any atom is 1.00 e. The van der Waals surface area contributed by atoms with E-state index in [-0.39, 0.29) is 35.3 Å². The monoisotopic (exact) mass is 490 g/mol. The van der Waals surface area contributed by atoms with E-state index in [0.717, 1.165) is 9.58 Å². The second kappa shape index (κ2) is 8.01. The van der Waals surface area contributed by atoms with E-state index in [4.69, 9.17) is 0 Å². The molecule has 8 nitrogen and oxygen atoms in total. The van der Waals surface area contributed by atoms with E-state index in [2.05, 4.69) is 26.3 Å². The summed E-state index contributed by atoms with van der Waals surface area (Å²) >= 11 is 3.97. The van der Waals surface area contributed by atoms with Gasteiger partial charge in [-0.1, -0.05) is 0 Å². The minimum atomic E-state index is -4.76. The van der Waals surface area contributed by atoms with Crippen molar-refractivity contribution in [2.24, 2.45) is 7.05 Å². The quantitative estimate of drug-likeness (QED) is 0.363. The Labute approximate surface area is 191 Å². The van der Waals surface area contributed by atoms with E-state index < -0.39 is 51.2 Å². The summed E-state index contributed by atoms with van der Waals surface area (Å²) in [5, 5.41) is 16.2. The van der Waals surface area contributed by atoms with Crippen molar-refractivity contribution in [2.45, 2.75) is 24.5 Å². The van der Waals surface area contributed by atoms with Gasteiger partial charge < -0.3 is 15.2 Å². The molecule has 0 radical (unpaired) electrons. The first-order valence-electron chi connectivity index (χ1n) is 7.41. The van der Waals surface area contributed by atoms with Gasteiger partial charge in [-0.05, 0) is 28.4 Å². The number of aromatic nitrogens is 2. The van der Waals surface area contributed by atoms with Crippen LogP contribution in [0.25, 0.3) is 0 Å². The largest absolute Gasteiger partial charge is 1.00 e. The van der Waals surface area contributed by atoms with Crippen molar-refractivity contribution >= 4 is 45.5 Å². The van der Waals surface area contributed by atoms with Gasteiger partial charge in [0.15, 0.2) is 5.69 Å². The van der Waals surface area contributed by atoms with E-state index in [0.29, 0.717) is 11.3 Å². The second-order valence-electron chi connectivity index (χ2n) is 5.91. The Bertz CT molecular complexity index is 904. The number of alkyl halides is 3. The minimum absolute atomic E-state index is 0. The molecule has 2 aliphatic rings. The van der Waals surface area contributed by atoms with Crippen molar-refractivity contribution in [3.05, 3.63) is 27.1 Å². The van der Waals surface area contributed by atoms with Gasteiger partial charge in [-0.15, -0.1) is 11.8 Å². The van der Waals surface area contributed by atoms with Crippen molar-refractivity contribution in [1.82, 2.24) is 20.0 Å². The number of β-lactam (4-membered cyclic amide) rings is 1. The summed E-state index contributed by atoms with van der Waals surface area (Å²) < 4.78 is 39.0. The summed E-state index contributed by atoms with van der Waals surface area (Å²) in [4.78, 5) is 37.0. The van der Waals surface area contributed by atoms with Crippen molar-refractivity contribution in [3.8, 4) is 0 Å². The number of carboxylic acid groups (broad SMARTS) is 1. The van der Waals surface area contributed by atoms with Crippen LogP contribution in [0.15, 0.2) is 15.7 Å². The first kappa shape index (κ1) is 23.3. The Morgan fingerprint density at radius 1 is 1.39 bits per heavy atom. The van der Waals surface area contributed by atoms with Crippen LogP contribution in [0.2, 0.25) is 0 Å². The third-order valence-corrected chi connectivity index (χ3v) is 6.29. The Balaban J connectivity index is 0.00000280. The molecular formula is C14H11BrF3N4NaO4S. The summed E-state index contributed by atoms with van der Waals surface area (Å²) in [5.41, 5.74) is -1.45. The number of aliphatic carboxylic acids is 1. The molecule has 28 heavy (non-hydrogen) atoms. The van der Waals surface area contributed by atoms with Crippen LogP contribution in [-0.2, 0) is 22.8 Å². The van der Waals surface area contributed by atoms with Crippen LogP contribution in [0.1, 0.15) is 23.1 Å². The molecule has 14 heteroatoms. The number of nitrogens with one attached hydrogen (secondary N) is 1. The van der Waals surface area contributed by atoms with E-state index in [9.17, 15) is 32.7 Å². The molecule has 1 N–H and O–H groups in total. The van der Waals surface area contributed by atoms with E-state index >= 15 is 0 Å². The van der Waals surface area contributed by atoms with Crippen molar-refractivity contribution < 1.29 is 62.2 Å². The maximum absolute atomic E-state index is 12.9. The molecule has 1 fully saturated rings. The van der Waals surface area contributed by atoms with Crippen LogP contribution >= 0.6 is 27.7 Å². The third-order valence-electron chi connectivity index (χ3n) is 4.11. The zero-order chi connectivity index (χ0) is 20.3. The van der Waals surface area contributed by atoms with Gasteiger partial charge in [-0.2, -0.15) is 18.3 Å². The standard InChI is InChI=1S/C14H12BrF3N4O4S.Na/c1-4-3-27-12-6(11(24)22(12)7(4)13(25)26)19-10(23)8-5(15)9(14(16,17)18)20-21(8)2;/h6,12H,3H2,1-2H3,(H,19,23)(H,25,26);/q;+1/p-1. The first-order chi connectivity index (χ1) is 12.4. The molecule has 2 atom stereocenters. The average Bonchev–Trinajstić information content (AvgIpc) is 2.86. The number of thioether (sulfide) groups is 1. The Morgan fingerprint density at radius 2 is 2.00 bits per heavy atom. The molecule has 146 valence electrons. The molecule has 0 bridgehead atoms. The Morgan fingerprint density at radius 3 is 2.50 bits per heavy atom. The number of rotatable bonds is 3. The van der Waals surface area contributed by atoms with E-state index in [1.807, 2.05) is 0 Å². The molecule has 0 spiro atoms. The van der Waals surface area contributed by atoms with Gasteiger partial charge in [-0.3, -0.25) is 19.2 Å². The number of amides is 2. The fraction of sp³-hybridized carbons (Fsp3) is 0.429. The Kier molecular flexibility index (Phi) is 6.66. The molecule has 2 unspecified atom stereocenters. The molecule has 0 saturated carbocycles. The summed E-state index contributed by atoms with van der Waals surface area (Å²) in [5.74, 6) is -2.79. The maximum atomic E-state index is 12.9. The molecule has 3 rings (SSSR count). The Hall–Kier alpha value is -1.02. The zero-order valence-electron chi connectivity index (χ0n) is 14.8. The first-order valence-corrected chi connectivity index (χ1v) is 9.25. The average molecular weight is 491 g/mol. The predicted molar refractivity (Wildman–Crippen MR) is 88.0 cm³/mol. The van der Waals surface area contributed by atoms with Crippen LogP contribution < -0.4 is 40.0 Å². The fourth-order valence-corrected chi connectivity index (χ4v) is 4.93. The SMILES string of the molecule is CC1=C(C(=O)[O-])N2C(=O)C(NC(=O)c3c(Br)c(C(F)(F)F)nn3C)C2SC1.[Na+]. The van der Waals surface area contributed by atoms with Gasteiger partial charge in [0.05, 0.1) is 16.1 Å². The van der Waals surface area contributed by atoms with Crippen LogP contribution in [0, 0.1) is 0 Å². The summed E-state index contributed by atoms with van der Waals surface area (Å²) in [6, 6.07) is -1.07. The predicted octanol–water partition coefficient (Wildman–Crippen LogP) is -2.76. The van der Waals surface area contributed by atoms with Crippen LogP contribution in [-0.4, -0.2) is 49.6 Å². The number of halogens is 4. The van der Waals surface area contributed by atoms with Gasteiger partial charge in [0.2, 0.25) is 0 Å². The van der Waals surface area contributed by atoms with Crippen molar-refractivity contribution in [3.63, 3.8) is 0 Å². The van der Waals surface area contributed by atoms with E-state index in [1.54, 1.807) is 6.92 Å². The number of carboxylic acids is 1. The van der Waals surface area contributed by atoms with Gasteiger partial charge in [-0.25, -0.2) is 0 Å². The fourth-order valence-electron chi connectivity index (χ4n) is 2.90. The van der Waals surface area contributed by atoms with E-state index in [1.165, 1.54) is 18.8 Å². The van der Waals surface area contributed by atoms with Crippen LogP contribution in [0.5, 0.6) is 0 Å².